The lowest BCUT2D eigenvalue weighted by Gasteiger charge is -2.22. The molecular formula is C17H17IN2O2. The number of nitrogens with zero attached hydrogens (tertiary/aromatic N) is 2. The Morgan fingerprint density at radius 1 is 1.27 bits per heavy atom. The van der Waals surface area contributed by atoms with Crippen LogP contribution < -0.4 is 4.74 Å². The van der Waals surface area contributed by atoms with Gasteiger partial charge < -0.3 is 9.64 Å². The highest BCUT2D eigenvalue weighted by Crippen LogP contribution is 2.28. The van der Waals surface area contributed by atoms with Gasteiger partial charge in [-0.05, 0) is 71.3 Å². The number of carbonyl (C=O) groups excluding carboxylic acids is 1. The molecule has 0 N–H and O–H groups in total. The molecular weight excluding hydrogens is 391 g/mol. The smallest absolute Gasteiger partial charge is 0.261 e. The summed E-state index contributed by atoms with van der Waals surface area (Å²) in [4.78, 5) is 18.5. The third-order valence-electron chi connectivity index (χ3n) is 3.56. The van der Waals surface area contributed by atoms with Gasteiger partial charge in [0.05, 0.1) is 0 Å². The van der Waals surface area contributed by atoms with Crippen LogP contribution in [0.4, 0.5) is 0 Å². The molecule has 0 aliphatic heterocycles. The van der Waals surface area contributed by atoms with Gasteiger partial charge >= 0.3 is 0 Å². The molecule has 0 unspecified atom stereocenters. The van der Waals surface area contributed by atoms with E-state index in [1.54, 1.807) is 6.20 Å². The quantitative estimate of drug-likeness (QED) is 0.690. The highest BCUT2D eigenvalue weighted by atomic mass is 127. The first-order valence-corrected chi connectivity index (χ1v) is 8.37. The van der Waals surface area contributed by atoms with Gasteiger partial charge in [-0.25, -0.2) is 0 Å². The number of ether oxygens (including phenoxy) is 1. The van der Waals surface area contributed by atoms with Gasteiger partial charge in [0.15, 0.2) is 6.61 Å². The Balaban J connectivity index is 1.59. The molecule has 4 nitrogen and oxygen atoms in total. The summed E-state index contributed by atoms with van der Waals surface area (Å²) < 4.78 is 6.76. The highest BCUT2D eigenvalue weighted by Gasteiger charge is 2.32. The Labute approximate surface area is 143 Å². The van der Waals surface area contributed by atoms with E-state index in [9.17, 15) is 4.79 Å². The van der Waals surface area contributed by atoms with Crippen molar-refractivity contribution in [1.82, 2.24) is 9.88 Å². The first kappa shape index (κ1) is 15.3. The molecule has 0 spiro atoms. The summed E-state index contributed by atoms with van der Waals surface area (Å²) in [7, 11) is 0. The fraction of sp³-hybridized carbons (Fsp3) is 0.294. The van der Waals surface area contributed by atoms with E-state index < -0.39 is 0 Å². The number of halogens is 1. The number of benzene rings is 1. The van der Waals surface area contributed by atoms with Crippen molar-refractivity contribution >= 4 is 28.5 Å². The van der Waals surface area contributed by atoms with Crippen LogP contribution in [0.5, 0.6) is 5.75 Å². The summed E-state index contributed by atoms with van der Waals surface area (Å²) in [6.45, 7) is 0.685. The molecule has 5 heteroatoms. The number of pyridine rings is 1. The average molecular weight is 408 g/mol. The normalized spacial score (nSPS) is 13.7. The number of aromatic nitrogens is 1. The zero-order valence-electron chi connectivity index (χ0n) is 12.1. The number of hydrogen-bond donors (Lipinski definition) is 0. The molecule has 1 aliphatic rings. The van der Waals surface area contributed by atoms with Crippen LogP contribution in [0.2, 0.25) is 0 Å². The van der Waals surface area contributed by atoms with Crippen LogP contribution >= 0.6 is 22.6 Å². The summed E-state index contributed by atoms with van der Waals surface area (Å²) in [6.07, 6.45) is 5.71. The molecule has 0 atom stereocenters. The monoisotopic (exact) mass is 408 g/mol. The molecule has 0 radical (unpaired) electrons. The maximum atomic E-state index is 12.4. The van der Waals surface area contributed by atoms with Gasteiger partial charge in [0.25, 0.3) is 5.91 Å². The lowest BCUT2D eigenvalue weighted by atomic mass is 10.2. The Hall–Kier alpha value is -1.63. The molecule has 1 fully saturated rings. The van der Waals surface area contributed by atoms with Crippen LogP contribution in [0.1, 0.15) is 18.4 Å². The van der Waals surface area contributed by atoms with Crippen LogP contribution in [0.3, 0.4) is 0 Å². The largest absolute Gasteiger partial charge is 0.484 e. The van der Waals surface area contributed by atoms with E-state index in [0.29, 0.717) is 12.6 Å². The first-order chi connectivity index (χ1) is 10.7. The molecule has 1 heterocycles. The molecule has 2 aromatic rings. The SMILES string of the molecule is O=C(COc1ccc(I)cc1)N(Cc1cccnc1)C1CC1. The predicted molar refractivity (Wildman–Crippen MR) is 92.5 cm³/mol. The van der Waals surface area contributed by atoms with Crippen LogP contribution in [-0.2, 0) is 11.3 Å². The Morgan fingerprint density at radius 2 is 2.05 bits per heavy atom. The minimum absolute atomic E-state index is 0.0323. The van der Waals surface area contributed by atoms with Crippen molar-refractivity contribution in [2.24, 2.45) is 0 Å². The second-order valence-corrected chi connectivity index (χ2v) is 6.60. The summed E-state index contributed by atoms with van der Waals surface area (Å²) in [5.74, 6) is 0.760. The van der Waals surface area contributed by atoms with Crippen molar-refractivity contribution in [2.45, 2.75) is 25.4 Å². The third-order valence-corrected chi connectivity index (χ3v) is 4.28. The van der Waals surface area contributed by atoms with Crippen LogP contribution in [0.25, 0.3) is 0 Å². The fourth-order valence-electron chi connectivity index (χ4n) is 2.25. The van der Waals surface area contributed by atoms with Gasteiger partial charge in [-0.15, -0.1) is 0 Å². The lowest BCUT2D eigenvalue weighted by molar-refractivity contribution is -0.134. The predicted octanol–water partition coefficient (Wildman–Crippen LogP) is 3.26. The number of rotatable bonds is 6. The van der Waals surface area contributed by atoms with Crippen molar-refractivity contribution in [3.63, 3.8) is 0 Å². The molecule has 1 aromatic carbocycles. The molecule has 0 saturated heterocycles. The van der Waals surface area contributed by atoms with Gasteiger partial charge in [0.1, 0.15) is 5.75 Å². The number of hydrogen-bond acceptors (Lipinski definition) is 3. The summed E-state index contributed by atoms with van der Waals surface area (Å²) >= 11 is 2.24. The van der Waals surface area contributed by atoms with E-state index in [2.05, 4.69) is 27.6 Å². The fourth-order valence-corrected chi connectivity index (χ4v) is 2.61. The molecule has 0 bridgehead atoms. The molecule has 1 aromatic heterocycles. The summed E-state index contributed by atoms with van der Waals surface area (Å²) in [5.41, 5.74) is 1.05. The van der Waals surface area contributed by atoms with Crippen molar-refractivity contribution in [2.75, 3.05) is 6.61 Å². The molecule has 3 rings (SSSR count). The second-order valence-electron chi connectivity index (χ2n) is 5.36. The van der Waals surface area contributed by atoms with Gasteiger partial charge in [-0.3, -0.25) is 9.78 Å². The lowest BCUT2D eigenvalue weighted by Crippen LogP contribution is -2.36. The zero-order chi connectivity index (χ0) is 15.4. The molecule has 22 heavy (non-hydrogen) atoms. The van der Waals surface area contributed by atoms with Gasteiger partial charge in [-0.1, -0.05) is 6.07 Å². The molecule has 1 saturated carbocycles. The molecule has 114 valence electrons. The second kappa shape index (κ2) is 7.09. The minimum atomic E-state index is 0.0323. The highest BCUT2D eigenvalue weighted by molar-refractivity contribution is 14.1. The Bertz CT molecular complexity index is 627. The van der Waals surface area contributed by atoms with E-state index in [-0.39, 0.29) is 12.5 Å². The zero-order valence-corrected chi connectivity index (χ0v) is 14.3. The Morgan fingerprint density at radius 3 is 2.68 bits per heavy atom. The molecule has 1 amide bonds. The van der Waals surface area contributed by atoms with Gasteiger partial charge in [-0.2, -0.15) is 0 Å². The van der Waals surface area contributed by atoms with Crippen molar-refractivity contribution in [1.29, 1.82) is 0 Å². The van der Waals surface area contributed by atoms with Crippen LogP contribution in [-0.4, -0.2) is 28.4 Å². The van der Waals surface area contributed by atoms with E-state index >= 15 is 0 Å². The van der Waals surface area contributed by atoms with E-state index in [1.807, 2.05) is 47.5 Å². The van der Waals surface area contributed by atoms with E-state index in [1.165, 1.54) is 0 Å². The maximum absolute atomic E-state index is 12.4. The number of carbonyl (C=O) groups is 1. The van der Waals surface area contributed by atoms with Crippen molar-refractivity contribution in [3.05, 3.63) is 57.9 Å². The molecule has 1 aliphatic carbocycles. The van der Waals surface area contributed by atoms with E-state index in [0.717, 1.165) is 27.7 Å². The van der Waals surface area contributed by atoms with Crippen molar-refractivity contribution < 1.29 is 9.53 Å². The standard InChI is InChI=1S/C17H17IN2O2/c18-14-3-7-16(8-4-14)22-12-17(21)20(15-5-6-15)11-13-2-1-9-19-10-13/h1-4,7-10,15H,5-6,11-12H2. The van der Waals surface area contributed by atoms with E-state index in [4.69, 9.17) is 4.74 Å². The summed E-state index contributed by atoms with van der Waals surface area (Å²) in [6, 6.07) is 12.0. The van der Waals surface area contributed by atoms with Gasteiger partial charge in [0, 0.05) is 28.6 Å². The first-order valence-electron chi connectivity index (χ1n) is 7.29. The average Bonchev–Trinajstić information content (AvgIpc) is 3.37. The number of amides is 1. The minimum Gasteiger partial charge on any atom is -0.484 e. The Kier molecular flexibility index (Phi) is 4.92. The van der Waals surface area contributed by atoms with Crippen molar-refractivity contribution in [3.8, 4) is 5.75 Å². The van der Waals surface area contributed by atoms with Crippen LogP contribution in [0.15, 0.2) is 48.8 Å². The topological polar surface area (TPSA) is 42.4 Å². The summed E-state index contributed by atoms with van der Waals surface area (Å²) in [5, 5.41) is 0. The van der Waals surface area contributed by atoms with Gasteiger partial charge in [0.2, 0.25) is 0 Å². The third kappa shape index (κ3) is 4.19. The maximum Gasteiger partial charge on any atom is 0.261 e. The van der Waals surface area contributed by atoms with Crippen LogP contribution in [0, 0.1) is 3.57 Å².